The molecule has 0 saturated heterocycles. The van der Waals surface area contributed by atoms with Crippen molar-refractivity contribution in [2.75, 3.05) is 26.9 Å². The lowest BCUT2D eigenvalue weighted by Gasteiger charge is -2.18. The van der Waals surface area contributed by atoms with Gasteiger partial charge in [0.1, 0.15) is 30.3 Å². The highest BCUT2D eigenvalue weighted by molar-refractivity contribution is 6.05. The van der Waals surface area contributed by atoms with Crippen LogP contribution in [0.25, 0.3) is 0 Å². The van der Waals surface area contributed by atoms with Crippen molar-refractivity contribution in [2.45, 2.75) is 60.5 Å². The molecule has 0 aliphatic rings. The summed E-state index contributed by atoms with van der Waals surface area (Å²) in [7, 11) is 1.43. The first-order chi connectivity index (χ1) is 16.5. The number of ketones is 1. The van der Waals surface area contributed by atoms with E-state index in [2.05, 4.69) is 12.7 Å². The van der Waals surface area contributed by atoms with Crippen LogP contribution in [0.4, 0.5) is 0 Å². The average Bonchev–Trinajstić information content (AvgIpc) is 2.80. The summed E-state index contributed by atoms with van der Waals surface area (Å²) in [6.07, 6.45) is 6.32. The summed E-state index contributed by atoms with van der Waals surface area (Å²) in [5.74, 6) is -0.0402. The first-order valence-electron chi connectivity index (χ1n) is 11.8. The number of aliphatic hydroxyl groups is 2. The molecule has 0 amide bonds. The number of methoxy groups -OCH3 is 1. The van der Waals surface area contributed by atoms with Crippen molar-refractivity contribution in [3.8, 4) is 11.5 Å². The predicted octanol–water partition coefficient (Wildman–Crippen LogP) is 5.31. The maximum absolute atomic E-state index is 12.9. The molecule has 7 nitrogen and oxygen atoms in total. The zero-order chi connectivity index (χ0) is 27.0. The van der Waals surface area contributed by atoms with E-state index in [-0.39, 0.29) is 36.2 Å². The molecule has 1 rings (SSSR count). The Labute approximate surface area is 210 Å². The van der Waals surface area contributed by atoms with Gasteiger partial charge in [0.2, 0.25) is 0 Å². The van der Waals surface area contributed by atoms with Crippen molar-refractivity contribution in [3.63, 3.8) is 0 Å². The van der Waals surface area contributed by atoms with E-state index in [9.17, 15) is 9.59 Å². The number of hydrogen-bond acceptors (Lipinski definition) is 7. The van der Waals surface area contributed by atoms with Crippen molar-refractivity contribution in [1.82, 2.24) is 0 Å². The van der Waals surface area contributed by atoms with Crippen molar-refractivity contribution < 1.29 is 34.0 Å². The number of aliphatic hydroxyl groups excluding tert-OH is 2. The van der Waals surface area contributed by atoms with Crippen LogP contribution in [0, 0.1) is 5.92 Å². The number of Topliss-reactive ketones (excluding diaryl/α,β-unsaturated/α-hetero) is 1. The summed E-state index contributed by atoms with van der Waals surface area (Å²) >= 11 is 0. The first kappa shape index (κ1) is 32.1. The largest absolute Gasteiger partial charge is 0.495 e. The van der Waals surface area contributed by atoms with Gasteiger partial charge in [0.15, 0.2) is 5.78 Å². The fraction of sp³-hybridized carbons (Fsp3) is 0.500. The smallest absolute Gasteiger partial charge is 0.346 e. The van der Waals surface area contributed by atoms with Gasteiger partial charge in [0.05, 0.1) is 25.4 Å². The summed E-state index contributed by atoms with van der Waals surface area (Å²) in [6, 6.07) is 3.28. The Morgan fingerprint density at radius 3 is 2.29 bits per heavy atom. The molecular weight excluding hydrogens is 448 g/mol. The number of benzene rings is 1. The number of hydrogen-bond donors (Lipinski definition) is 2. The van der Waals surface area contributed by atoms with Gasteiger partial charge in [-0.15, -0.1) is 0 Å². The topological polar surface area (TPSA) is 102 Å². The Kier molecular flexibility index (Phi) is 16.1. The number of esters is 1. The van der Waals surface area contributed by atoms with Gasteiger partial charge in [-0.3, -0.25) is 4.79 Å². The molecule has 7 heteroatoms. The molecule has 0 saturated carbocycles. The molecule has 196 valence electrons. The highest BCUT2D eigenvalue weighted by Crippen LogP contribution is 2.34. The molecule has 0 aliphatic carbocycles. The van der Waals surface area contributed by atoms with Gasteiger partial charge in [-0.1, -0.05) is 45.6 Å². The number of rotatable bonds is 13. The first-order valence-corrected chi connectivity index (χ1v) is 11.8. The van der Waals surface area contributed by atoms with Crippen LogP contribution in [0.1, 0.15) is 75.1 Å². The van der Waals surface area contributed by atoms with Crippen molar-refractivity contribution in [1.29, 1.82) is 0 Å². The lowest BCUT2D eigenvalue weighted by molar-refractivity contribution is 0.0535. The zero-order valence-electron chi connectivity index (χ0n) is 22.2. The van der Waals surface area contributed by atoms with E-state index in [1.165, 1.54) is 14.0 Å². The number of carbonyl (C=O) groups excluding carboxylic acids is 2. The van der Waals surface area contributed by atoms with Gasteiger partial charge in [0.25, 0.3) is 0 Å². The van der Waals surface area contributed by atoms with Crippen LogP contribution in [0.3, 0.4) is 0 Å². The van der Waals surface area contributed by atoms with Gasteiger partial charge >= 0.3 is 5.97 Å². The highest BCUT2D eigenvalue weighted by atomic mass is 16.5. The van der Waals surface area contributed by atoms with E-state index in [4.69, 9.17) is 24.4 Å². The monoisotopic (exact) mass is 490 g/mol. The van der Waals surface area contributed by atoms with Gasteiger partial charge in [-0.25, -0.2) is 4.79 Å². The summed E-state index contributed by atoms with van der Waals surface area (Å²) in [5, 5.41) is 16.0. The molecule has 0 spiro atoms. The van der Waals surface area contributed by atoms with E-state index < -0.39 is 12.1 Å². The molecule has 0 radical (unpaired) electrons. The van der Waals surface area contributed by atoms with Gasteiger partial charge in [0, 0.05) is 6.42 Å². The van der Waals surface area contributed by atoms with E-state index >= 15 is 0 Å². The van der Waals surface area contributed by atoms with Crippen LogP contribution < -0.4 is 9.47 Å². The minimum absolute atomic E-state index is 0.0324. The molecule has 0 aromatic heterocycles. The molecule has 35 heavy (non-hydrogen) atoms. The average molecular weight is 491 g/mol. The lowest BCUT2D eigenvalue weighted by Crippen LogP contribution is -2.15. The molecule has 0 bridgehead atoms. The third-order valence-corrected chi connectivity index (χ3v) is 4.48. The zero-order valence-corrected chi connectivity index (χ0v) is 22.2. The van der Waals surface area contributed by atoms with Crippen molar-refractivity contribution in [3.05, 3.63) is 59.2 Å². The van der Waals surface area contributed by atoms with Crippen LogP contribution in [0.5, 0.6) is 11.5 Å². The second-order valence-electron chi connectivity index (χ2n) is 8.55. The van der Waals surface area contributed by atoms with E-state index in [1.54, 1.807) is 18.2 Å². The Morgan fingerprint density at radius 1 is 1.17 bits per heavy atom. The van der Waals surface area contributed by atoms with Crippen LogP contribution in [-0.2, 0) is 4.74 Å². The normalized spacial score (nSPS) is 12.1. The van der Waals surface area contributed by atoms with Gasteiger partial charge in [-0.2, -0.15) is 0 Å². The number of ether oxygens (including phenoxy) is 3. The maximum atomic E-state index is 12.9. The Morgan fingerprint density at radius 2 is 1.80 bits per heavy atom. The summed E-state index contributed by atoms with van der Waals surface area (Å²) in [5.41, 5.74) is 2.15. The SMILES string of the molecule is C=C(/C=C/C)COC(=O)c1c(OC/C(C)=C\CC)ccc(C(=O)CC(C)C)c1OC.CC(O)CO. The Balaban J connectivity index is 0.00000209. The molecule has 1 unspecified atom stereocenters. The van der Waals surface area contributed by atoms with E-state index in [1.807, 2.05) is 40.7 Å². The number of allylic oxidation sites excluding steroid dienone is 2. The van der Waals surface area contributed by atoms with Crippen LogP contribution in [-0.4, -0.2) is 55.0 Å². The molecule has 2 N–H and O–H groups in total. The van der Waals surface area contributed by atoms with Gasteiger partial charge in [-0.05, 0) is 56.4 Å². The standard InChI is InChI=1S/C25H34O5.C3H8O2/c1-8-10-18(5)15-29-22-13-12-20(21(26)14-17(3)4)24(28-7)23(22)25(27)30-16-19(6)11-9-2;1-3(5)2-4/h9-13,17H,6,8,14-16H2,1-5,7H3;3-5H,2H2,1H3/b11-9+,18-10-;. The predicted molar refractivity (Wildman–Crippen MR) is 139 cm³/mol. The number of carbonyl (C=O) groups is 2. The van der Waals surface area contributed by atoms with E-state index in [0.717, 1.165) is 12.0 Å². The Hall–Kier alpha value is -2.90. The minimum Gasteiger partial charge on any atom is -0.495 e. The third kappa shape index (κ3) is 12.4. The Bertz CT molecular complexity index is 880. The lowest BCUT2D eigenvalue weighted by atomic mass is 9.98. The molecule has 1 aromatic rings. The van der Waals surface area contributed by atoms with Crippen LogP contribution in [0.2, 0.25) is 0 Å². The maximum Gasteiger partial charge on any atom is 0.346 e. The second-order valence-corrected chi connectivity index (χ2v) is 8.55. The minimum atomic E-state index is -0.621. The van der Waals surface area contributed by atoms with Crippen molar-refractivity contribution in [2.24, 2.45) is 5.92 Å². The quantitative estimate of drug-likeness (QED) is 0.167. The molecule has 1 aromatic carbocycles. The summed E-state index contributed by atoms with van der Waals surface area (Å²) < 4.78 is 16.8. The molecule has 0 aliphatic heterocycles. The van der Waals surface area contributed by atoms with Crippen LogP contribution >= 0.6 is 0 Å². The third-order valence-electron chi connectivity index (χ3n) is 4.48. The molecule has 0 heterocycles. The van der Waals surface area contributed by atoms with Crippen LogP contribution in [0.15, 0.2) is 48.1 Å². The van der Waals surface area contributed by atoms with Crippen molar-refractivity contribution >= 4 is 11.8 Å². The molecule has 1 atom stereocenters. The van der Waals surface area contributed by atoms with E-state index in [0.29, 0.717) is 29.9 Å². The fourth-order valence-corrected chi connectivity index (χ4v) is 2.90. The summed E-state index contributed by atoms with van der Waals surface area (Å²) in [4.78, 5) is 25.7. The molecule has 0 fully saturated rings. The fourth-order valence-electron chi connectivity index (χ4n) is 2.90. The van der Waals surface area contributed by atoms with Gasteiger partial charge < -0.3 is 24.4 Å². The highest BCUT2D eigenvalue weighted by Gasteiger charge is 2.26. The second kappa shape index (κ2) is 17.5. The summed E-state index contributed by atoms with van der Waals surface area (Å²) in [6.45, 7) is 15.4. The molecular formula is C28H42O7.